The third kappa shape index (κ3) is 4.03. The summed E-state index contributed by atoms with van der Waals surface area (Å²) >= 11 is 0. The smallest absolute Gasteiger partial charge is 0.321 e. The van der Waals surface area contributed by atoms with Gasteiger partial charge in [-0.2, -0.15) is 10.1 Å². The summed E-state index contributed by atoms with van der Waals surface area (Å²) in [5.74, 6) is 0.965. The van der Waals surface area contributed by atoms with Crippen molar-refractivity contribution in [3.8, 4) is 0 Å². The molecule has 4 rings (SSSR count). The first-order valence-electron chi connectivity index (χ1n) is 9.20. The van der Waals surface area contributed by atoms with Gasteiger partial charge in [0.15, 0.2) is 5.82 Å². The molecule has 2 amide bonds. The van der Waals surface area contributed by atoms with Crippen LogP contribution in [0.25, 0.3) is 0 Å². The van der Waals surface area contributed by atoms with Crippen molar-refractivity contribution in [1.82, 2.24) is 24.8 Å². The van der Waals surface area contributed by atoms with Gasteiger partial charge < -0.3 is 14.7 Å². The first kappa shape index (κ1) is 18.1. The van der Waals surface area contributed by atoms with Crippen LogP contribution in [0.1, 0.15) is 36.0 Å². The first-order chi connectivity index (χ1) is 13.6. The third-order valence-corrected chi connectivity index (χ3v) is 4.79. The molecular weight excluding hydrogens is 363 g/mol. The molecule has 3 aromatic rings. The van der Waals surface area contributed by atoms with Gasteiger partial charge in [-0.3, -0.25) is 4.68 Å². The summed E-state index contributed by atoms with van der Waals surface area (Å²) in [4.78, 5) is 18.7. The Kier molecular flexibility index (Phi) is 5.05. The van der Waals surface area contributed by atoms with Crippen LogP contribution in [-0.2, 0) is 6.54 Å². The number of urea groups is 1. The highest BCUT2D eigenvalue weighted by Crippen LogP contribution is 2.25. The van der Waals surface area contributed by atoms with Crippen LogP contribution >= 0.6 is 0 Å². The van der Waals surface area contributed by atoms with Crippen molar-refractivity contribution in [2.75, 3.05) is 18.4 Å². The number of nitrogens with zero attached hydrogens (tertiary/aromatic N) is 5. The monoisotopic (exact) mass is 384 g/mol. The fraction of sp³-hybridized carbons (Fsp3) is 0.368. The van der Waals surface area contributed by atoms with E-state index in [0.717, 1.165) is 12.8 Å². The van der Waals surface area contributed by atoms with Crippen LogP contribution in [0.4, 0.5) is 14.9 Å². The first-order valence-corrected chi connectivity index (χ1v) is 9.20. The number of amides is 2. The average Bonchev–Trinajstić information content (AvgIpc) is 3.33. The van der Waals surface area contributed by atoms with E-state index in [1.54, 1.807) is 47.1 Å². The second-order valence-electron chi connectivity index (χ2n) is 6.90. The standard InChI is InChI=1S/C19H21FN6O2/c1-13-22-18(24-28-13)15-6-4-8-25(10-15)19(27)23-16-9-21-26(12-16)11-14-5-2-3-7-17(14)20/h2-3,5,7,9,12,15H,4,6,8,10-11H2,1H3,(H,23,27)/t15-/m1/s1. The quantitative estimate of drug-likeness (QED) is 0.746. The van der Waals surface area contributed by atoms with Crippen LogP contribution in [0.2, 0.25) is 0 Å². The number of anilines is 1. The lowest BCUT2D eigenvalue weighted by atomic mass is 9.98. The van der Waals surface area contributed by atoms with E-state index in [1.165, 1.54) is 6.07 Å². The third-order valence-electron chi connectivity index (χ3n) is 4.79. The normalized spacial score (nSPS) is 16.9. The molecule has 8 nitrogen and oxygen atoms in total. The second kappa shape index (κ2) is 7.79. The summed E-state index contributed by atoms with van der Waals surface area (Å²) in [7, 11) is 0. The molecule has 9 heteroatoms. The maximum absolute atomic E-state index is 13.8. The van der Waals surface area contributed by atoms with Crippen LogP contribution in [-0.4, -0.2) is 43.9 Å². The molecule has 0 aliphatic carbocycles. The summed E-state index contributed by atoms with van der Waals surface area (Å²) in [6.45, 7) is 3.25. The molecule has 2 aromatic heterocycles. The number of likely N-dealkylation sites (tertiary alicyclic amines) is 1. The predicted molar refractivity (Wildman–Crippen MR) is 99.3 cm³/mol. The van der Waals surface area contributed by atoms with Crippen molar-refractivity contribution in [3.63, 3.8) is 0 Å². The van der Waals surface area contributed by atoms with Gasteiger partial charge >= 0.3 is 6.03 Å². The molecule has 1 atom stereocenters. The van der Waals surface area contributed by atoms with Crippen molar-refractivity contribution in [1.29, 1.82) is 0 Å². The fourth-order valence-corrected chi connectivity index (χ4v) is 3.37. The van der Waals surface area contributed by atoms with Crippen LogP contribution in [0.5, 0.6) is 0 Å². The molecule has 146 valence electrons. The van der Waals surface area contributed by atoms with Gasteiger partial charge in [-0.25, -0.2) is 9.18 Å². The zero-order chi connectivity index (χ0) is 19.5. The van der Waals surface area contributed by atoms with Gasteiger partial charge in [0.25, 0.3) is 0 Å². The Hall–Kier alpha value is -3.23. The van der Waals surface area contributed by atoms with Crippen LogP contribution in [0, 0.1) is 12.7 Å². The molecule has 0 spiro atoms. The molecule has 1 aromatic carbocycles. The number of nitrogens with one attached hydrogen (secondary N) is 1. The molecule has 1 N–H and O–H groups in total. The molecular formula is C19H21FN6O2. The van der Waals surface area contributed by atoms with Gasteiger partial charge in [0.1, 0.15) is 5.82 Å². The second-order valence-corrected chi connectivity index (χ2v) is 6.90. The minimum absolute atomic E-state index is 0.0701. The minimum Gasteiger partial charge on any atom is -0.340 e. The summed E-state index contributed by atoms with van der Waals surface area (Å²) in [5.41, 5.74) is 1.11. The molecule has 0 saturated carbocycles. The summed E-state index contributed by atoms with van der Waals surface area (Å²) in [6, 6.07) is 6.36. The van der Waals surface area contributed by atoms with E-state index >= 15 is 0 Å². The summed E-state index contributed by atoms with van der Waals surface area (Å²) < 4.78 is 20.4. The SMILES string of the molecule is Cc1nc([C@@H]2CCCN(C(=O)Nc3cnn(Cc4ccccc4F)c3)C2)no1. The summed E-state index contributed by atoms with van der Waals surface area (Å²) in [5, 5.41) is 11.0. The number of benzene rings is 1. The molecule has 1 aliphatic heterocycles. The number of carbonyl (C=O) groups is 1. The van der Waals surface area contributed by atoms with Gasteiger partial charge in [0, 0.05) is 37.7 Å². The Labute approximate surface area is 161 Å². The molecule has 3 heterocycles. The molecule has 0 bridgehead atoms. The van der Waals surface area contributed by atoms with E-state index in [4.69, 9.17) is 4.52 Å². The fourth-order valence-electron chi connectivity index (χ4n) is 3.37. The van der Waals surface area contributed by atoms with E-state index in [2.05, 4.69) is 20.6 Å². The zero-order valence-corrected chi connectivity index (χ0v) is 15.5. The Morgan fingerprint density at radius 2 is 2.25 bits per heavy atom. The van der Waals surface area contributed by atoms with Crippen molar-refractivity contribution < 1.29 is 13.7 Å². The van der Waals surface area contributed by atoms with Crippen LogP contribution < -0.4 is 5.32 Å². The van der Waals surface area contributed by atoms with Crippen LogP contribution in [0.15, 0.2) is 41.2 Å². The molecule has 1 saturated heterocycles. The number of rotatable bonds is 4. The van der Waals surface area contributed by atoms with Gasteiger partial charge in [0.2, 0.25) is 5.89 Å². The van der Waals surface area contributed by atoms with Gasteiger partial charge in [-0.1, -0.05) is 23.4 Å². The van der Waals surface area contributed by atoms with Gasteiger partial charge in [0.05, 0.1) is 18.4 Å². The molecule has 1 aliphatic rings. The number of carbonyl (C=O) groups excluding carboxylic acids is 1. The Morgan fingerprint density at radius 3 is 3.04 bits per heavy atom. The van der Waals surface area contributed by atoms with E-state index in [9.17, 15) is 9.18 Å². The number of aromatic nitrogens is 4. The molecule has 0 unspecified atom stereocenters. The van der Waals surface area contributed by atoms with Crippen molar-refractivity contribution in [3.05, 3.63) is 59.8 Å². The maximum Gasteiger partial charge on any atom is 0.321 e. The highest BCUT2D eigenvalue weighted by Gasteiger charge is 2.28. The topological polar surface area (TPSA) is 89.1 Å². The lowest BCUT2D eigenvalue weighted by molar-refractivity contribution is 0.190. The van der Waals surface area contributed by atoms with E-state index < -0.39 is 0 Å². The summed E-state index contributed by atoms with van der Waals surface area (Å²) in [6.07, 6.45) is 5.04. The average molecular weight is 384 g/mol. The molecule has 0 radical (unpaired) electrons. The maximum atomic E-state index is 13.8. The van der Waals surface area contributed by atoms with E-state index in [1.807, 2.05) is 0 Å². The number of aryl methyl sites for hydroxylation is 1. The van der Waals surface area contributed by atoms with Crippen molar-refractivity contribution in [2.45, 2.75) is 32.2 Å². The molecule has 1 fully saturated rings. The van der Waals surface area contributed by atoms with Gasteiger partial charge in [-0.05, 0) is 18.9 Å². The van der Waals surface area contributed by atoms with Crippen LogP contribution in [0.3, 0.4) is 0 Å². The number of halogens is 1. The van der Waals surface area contributed by atoms with Gasteiger partial charge in [-0.15, -0.1) is 0 Å². The Bertz CT molecular complexity index is 969. The van der Waals surface area contributed by atoms with E-state index in [0.29, 0.717) is 42.6 Å². The number of hydrogen-bond acceptors (Lipinski definition) is 5. The zero-order valence-electron chi connectivity index (χ0n) is 15.5. The Balaban J connectivity index is 1.37. The predicted octanol–water partition coefficient (Wildman–Crippen LogP) is 3.17. The lowest BCUT2D eigenvalue weighted by Gasteiger charge is -2.31. The lowest BCUT2D eigenvalue weighted by Crippen LogP contribution is -2.41. The highest BCUT2D eigenvalue weighted by atomic mass is 19.1. The Morgan fingerprint density at radius 1 is 1.39 bits per heavy atom. The highest BCUT2D eigenvalue weighted by molar-refractivity contribution is 5.89. The number of piperidine rings is 1. The van der Waals surface area contributed by atoms with Crippen molar-refractivity contribution >= 4 is 11.7 Å². The molecule has 28 heavy (non-hydrogen) atoms. The van der Waals surface area contributed by atoms with E-state index in [-0.39, 0.29) is 17.8 Å². The minimum atomic E-state index is -0.278. The number of hydrogen-bond donors (Lipinski definition) is 1. The largest absolute Gasteiger partial charge is 0.340 e. The van der Waals surface area contributed by atoms with Crippen molar-refractivity contribution in [2.24, 2.45) is 0 Å².